The van der Waals surface area contributed by atoms with Crippen LogP contribution in [0, 0.1) is 6.92 Å². The minimum Gasteiger partial charge on any atom is -0.350 e. The number of likely N-dealkylation sites (N-methyl/N-ethyl adjacent to an activating group) is 1. The van der Waals surface area contributed by atoms with Gasteiger partial charge in [0, 0.05) is 12.2 Å². The first-order valence-electron chi connectivity index (χ1n) is 6.59. The minimum atomic E-state index is -0.0981. The first kappa shape index (κ1) is 14.3. The van der Waals surface area contributed by atoms with Crippen molar-refractivity contribution in [2.45, 2.75) is 13.0 Å². The zero-order chi connectivity index (χ0) is 14.5. The highest BCUT2D eigenvalue weighted by molar-refractivity contribution is 5.94. The van der Waals surface area contributed by atoms with Crippen molar-refractivity contribution in [2.75, 3.05) is 20.6 Å². The lowest BCUT2D eigenvalue weighted by atomic mass is 10.1. The average molecular weight is 272 g/mol. The van der Waals surface area contributed by atoms with Gasteiger partial charge in [-0.2, -0.15) is 5.10 Å². The number of H-pyrrole nitrogens is 1. The Balaban J connectivity index is 2.04. The maximum atomic E-state index is 12.1. The van der Waals surface area contributed by atoms with E-state index in [1.54, 1.807) is 6.20 Å². The van der Waals surface area contributed by atoms with Crippen LogP contribution in [0.15, 0.2) is 36.5 Å². The normalized spacial score (nSPS) is 12.4. The number of nitrogens with one attached hydrogen (secondary N) is 2. The Morgan fingerprint density at radius 2 is 2.05 bits per heavy atom. The van der Waals surface area contributed by atoms with Crippen molar-refractivity contribution in [1.29, 1.82) is 0 Å². The number of amides is 1. The van der Waals surface area contributed by atoms with E-state index >= 15 is 0 Å². The van der Waals surface area contributed by atoms with Crippen LogP contribution in [-0.4, -0.2) is 41.6 Å². The van der Waals surface area contributed by atoms with Gasteiger partial charge < -0.3 is 10.2 Å². The molecule has 1 aromatic heterocycles. The first-order chi connectivity index (χ1) is 9.59. The lowest BCUT2D eigenvalue weighted by Crippen LogP contribution is -2.34. The summed E-state index contributed by atoms with van der Waals surface area (Å²) in [5.41, 5.74) is 2.56. The van der Waals surface area contributed by atoms with E-state index in [-0.39, 0.29) is 11.9 Å². The monoisotopic (exact) mass is 272 g/mol. The third kappa shape index (κ3) is 3.24. The number of nitrogens with zero attached hydrogens (tertiary/aromatic N) is 2. The Hall–Kier alpha value is -2.14. The van der Waals surface area contributed by atoms with Crippen LogP contribution in [-0.2, 0) is 0 Å². The summed E-state index contributed by atoms with van der Waals surface area (Å²) in [6.07, 6.45) is 1.55. The molecule has 1 atom stereocenters. The maximum Gasteiger partial charge on any atom is 0.254 e. The van der Waals surface area contributed by atoms with Gasteiger partial charge in [-0.1, -0.05) is 30.3 Å². The van der Waals surface area contributed by atoms with Crippen molar-refractivity contribution in [3.8, 4) is 0 Å². The summed E-state index contributed by atoms with van der Waals surface area (Å²) in [4.78, 5) is 14.2. The molecule has 0 saturated heterocycles. The van der Waals surface area contributed by atoms with Gasteiger partial charge in [-0.25, -0.2) is 0 Å². The van der Waals surface area contributed by atoms with Crippen LogP contribution in [0.5, 0.6) is 0 Å². The van der Waals surface area contributed by atoms with E-state index in [4.69, 9.17) is 0 Å². The van der Waals surface area contributed by atoms with Crippen molar-refractivity contribution in [3.63, 3.8) is 0 Å². The van der Waals surface area contributed by atoms with E-state index in [0.29, 0.717) is 12.1 Å². The van der Waals surface area contributed by atoms with Crippen LogP contribution in [0.2, 0.25) is 0 Å². The molecule has 1 unspecified atom stereocenters. The molecule has 1 amide bonds. The summed E-state index contributed by atoms with van der Waals surface area (Å²) in [6.45, 7) is 2.39. The maximum absolute atomic E-state index is 12.1. The number of hydrogen-bond donors (Lipinski definition) is 2. The summed E-state index contributed by atoms with van der Waals surface area (Å²) in [5, 5.41) is 9.60. The second-order valence-corrected chi connectivity index (χ2v) is 5.01. The topological polar surface area (TPSA) is 61.0 Å². The highest BCUT2D eigenvalue weighted by Gasteiger charge is 2.16. The summed E-state index contributed by atoms with van der Waals surface area (Å²) < 4.78 is 0. The fraction of sp³-hybridized carbons (Fsp3) is 0.333. The molecule has 0 aliphatic rings. The molecule has 0 spiro atoms. The van der Waals surface area contributed by atoms with E-state index in [2.05, 4.69) is 32.5 Å². The SMILES string of the molecule is Cc1[nH]ncc1C(=O)NCC(c1ccccc1)N(C)C. The fourth-order valence-electron chi connectivity index (χ4n) is 2.14. The van der Waals surface area contributed by atoms with Gasteiger partial charge in [-0.05, 0) is 26.6 Å². The third-order valence-corrected chi connectivity index (χ3v) is 3.34. The smallest absolute Gasteiger partial charge is 0.254 e. The molecule has 5 heteroatoms. The Morgan fingerprint density at radius 3 is 2.60 bits per heavy atom. The Morgan fingerprint density at radius 1 is 1.35 bits per heavy atom. The highest BCUT2D eigenvalue weighted by atomic mass is 16.1. The van der Waals surface area contributed by atoms with Crippen LogP contribution >= 0.6 is 0 Å². The Labute approximate surface area is 119 Å². The van der Waals surface area contributed by atoms with Gasteiger partial charge in [0.15, 0.2) is 0 Å². The molecule has 1 aromatic carbocycles. The molecule has 106 valence electrons. The molecular formula is C15H20N4O. The van der Waals surface area contributed by atoms with E-state index in [0.717, 1.165) is 5.69 Å². The second-order valence-electron chi connectivity index (χ2n) is 5.01. The van der Waals surface area contributed by atoms with Gasteiger partial charge in [-0.15, -0.1) is 0 Å². The summed E-state index contributed by atoms with van der Waals surface area (Å²) in [5.74, 6) is -0.0981. The van der Waals surface area contributed by atoms with E-state index in [1.165, 1.54) is 5.56 Å². The van der Waals surface area contributed by atoms with Crippen LogP contribution in [0.1, 0.15) is 27.7 Å². The molecule has 0 bridgehead atoms. The molecule has 5 nitrogen and oxygen atoms in total. The van der Waals surface area contributed by atoms with Crippen molar-refractivity contribution in [2.24, 2.45) is 0 Å². The molecule has 0 fully saturated rings. The highest BCUT2D eigenvalue weighted by Crippen LogP contribution is 2.17. The summed E-state index contributed by atoms with van der Waals surface area (Å²) in [7, 11) is 4.01. The van der Waals surface area contributed by atoms with Crippen LogP contribution in [0.3, 0.4) is 0 Å². The third-order valence-electron chi connectivity index (χ3n) is 3.34. The minimum absolute atomic E-state index is 0.0981. The number of carbonyl (C=O) groups is 1. The largest absolute Gasteiger partial charge is 0.350 e. The lowest BCUT2D eigenvalue weighted by molar-refractivity contribution is 0.0941. The first-order valence-corrected chi connectivity index (χ1v) is 6.59. The van der Waals surface area contributed by atoms with Gasteiger partial charge in [0.05, 0.1) is 17.8 Å². The second kappa shape index (κ2) is 6.34. The zero-order valence-corrected chi connectivity index (χ0v) is 12.1. The van der Waals surface area contributed by atoms with E-state index < -0.39 is 0 Å². The van der Waals surface area contributed by atoms with Crippen molar-refractivity contribution in [3.05, 3.63) is 53.3 Å². The van der Waals surface area contributed by atoms with Gasteiger partial charge in [-0.3, -0.25) is 9.89 Å². The van der Waals surface area contributed by atoms with Crippen LogP contribution in [0.4, 0.5) is 0 Å². The number of rotatable bonds is 5. The van der Waals surface area contributed by atoms with Crippen molar-refractivity contribution in [1.82, 2.24) is 20.4 Å². The number of aryl methyl sites for hydroxylation is 1. The molecule has 2 aromatic rings. The predicted octanol–water partition coefficient (Wildman–Crippen LogP) is 1.75. The van der Waals surface area contributed by atoms with Crippen molar-refractivity contribution < 1.29 is 4.79 Å². The van der Waals surface area contributed by atoms with E-state index in [1.807, 2.05) is 39.2 Å². The lowest BCUT2D eigenvalue weighted by Gasteiger charge is -2.25. The number of carbonyl (C=O) groups excluding carboxylic acids is 1. The van der Waals surface area contributed by atoms with Gasteiger partial charge >= 0.3 is 0 Å². The van der Waals surface area contributed by atoms with Crippen LogP contribution < -0.4 is 5.32 Å². The molecule has 0 saturated carbocycles. The average Bonchev–Trinajstić information content (AvgIpc) is 2.86. The van der Waals surface area contributed by atoms with Crippen molar-refractivity contribution >= 4 is 5.91 Å². The predicted molar refractivity (Wildman–Crippen MR) is 78.5 cm³/mol. The standard InChI is InChI=1S/C15H20N4O/c1-11-13(9-17-18-11)15(20)16-10-14(19(2)3)12-7-5-4-6-8-12/h4-9,14H,10H2,1-3H3,(H,16,20)(H,17,18). The fourth-order valence-corrected chi connectivity index (χ4v) is 2.14. The quantitative estimate of drug-likeness (QED) is 0.871. The molecule has 0 aliphatic heterocycles. The number of benzene rings is 1. The zero-order valence-electron chi connectivity index (χ0n) is 12.1. The molecule has 2 rings (SSSR count). The summed E-state index contributed by atoms with van der Waals surface area (Å²) >= 11 is 0. The summed E-state index contributed by atoms with van der Waals surface area (Å²) in [6, 6.07) is 10.3. The molecule has 20 heavy (non-hydrogen) atoms. The number of aromatic nitrogens is 2. The Kier molecular flexibility index (Phi) is 4.53. The van der Waals surface area contributed by atoms with E-state index in [9.17, 15) is 4.79 Å². The van der Waals surface area contributed by atoms with Gasteiger partial charge in [0.25, 0.3) is 5.91 Å². The Bertz CT molecular complexity index is 562. The molecule has 2 N–H and O–H groups in total. The molecule has 0 aliphatic carbocycles. The number of hydrogen-bond acceptors (Lipinski definition) is 3. The molecule has 1 heterocycles. The van der Waals surface area contributed by atoms with Gasteiger partial charge in [0.1, 0.15) is 0 Å². The molecular weight excluding hydrogens is 252 g/mol. The van der Waals surface area contributed by atoms with Gasteiger partial charge in [0.2, 0.25) is 0 Å². The number of aromatic amines is 1. The molecule has 0 radical (unpaired) electrons. The van der Waals surface area contributed by atoms with Crippen LogP contribution in [0.25, 0.3) is 0 Å².